The second-order valence-corrected chi connectivity index (χ2v) is 3.55. The number of hydrogen-bond acceptors (Lipinski definition) is 5. The summed E-state index contributed by atoms with van der Waals surface area (Å²) in [6.45, 7) is 1.87. The Bertz CT molecular complexity index is 435. The molecule has 1 heterocycles. The van der Waals surface area contributed by atoms with Crippen molar-refractivity contribution in [2.24, 2.45) is 5.73 Å². The molecule has 0 radical (unpaired) electrons. The normalized spacial score (nSPS) is 13.1. The lowest BCUT2D eigenvalue weighted by Gasteiger charge is -2.09. The van der Waals surface area contributed by atoms with Gasteiger partial charge < -0.3 is 20.0 Å². The predicted octanol–water partition coefficient (Wildman–Crippen LogP) is 1.03. The van der Waals surface area contributed by atoms with Crippen molar-refractivity contribution < 1.29 is 23.8 Å². The second-order valence-electron chi connectivity index (χ2n) is 3.55. The number of nitrogens with two attached hydrogens (primary N) is 1. The predicted molar refractivity (Wildman–Crippen MR) is 63.5 cm³/mol. The summed E-state index contributed by atoms with van der Waals surface area (Å²) >= 11 is 0. The molecule has 0 aromatic carbocycles. The summed E-state index contributed by atoms with van der Waals surface area (Å²) in [6, 6.07) is 2.15. The number of hydrogen-bond donors (Lipinski definition) is 2. The zero-order valence-corrected chi connectivity index (χ0v) is 9.96. The standard InChI is InChI=1S/C12H15NO5/c1-2-17-12(16)8(7-10(13)11(14)15)6-9-4-3-5-18-9/h3-6,10H,2,7,13H2,1H3,(H,14,15)/b8-6+/t10-/m1/s1. The lowest BCUT2D eigenvalue weighted by molar-refractivity contribution is -0.139. The number of carboxylic acid groups (broad SMARTS) is 1. The second kappa shape index (κ2) is 6.61. The van der Waals surface area contributed by atoms with E-state index in [1.165, 1.54) is 12.3 Å². The van der Waals surface area contributed by atoms with Crippen molar-refractivity contribution in [1.82, 2.24) is 0 Å². The van der Waals surface area contributed by atoms with Gasteiger partial charge >= 0.3 is 11.9 Å². The van der Waals surface area contributed by atoms with Gasteiger partial charge in [0.05, 0.1) is 12.9 Å². The number of esters is 1. The molecule has 1 aromatic heterocycles. The molecule has 0 fully saturated rings. The number of aliphatic carboxylic acids is 1. The quantitative estimate of drug-likeness (QED) is 0.579. The van der Waals surface area contributed by atoms with Gasteiger partial charge in [-0.25, -0.2) is 4.79 Å². The van der Waals surface area contributed by atoms with E-state index in [-0.39, 0.29) is 18.6 Å². The molecule has 6 nitrogen and oxygen atoms in total. The molecule has 18 heavy (non-hydrogen) atoms. The van der Waals surface area contributed by atoms with Crippen molar-refractivity contribution in [1.29, 1.82) is 0 Å². The van der Waals surface area contributed by atoms with E-state index >= 15 is 0 Å². The van der Waals surface area contributed by atoms with E-state index in [9.17, 15) is 9.59 Å². The molecule has 0 aliphatic heterocycles. The summed E-state index contributed by atoms with van der Waals surface area (Å²) < 4.78 is 9.90. The largest absolute Gasteiger partial charge is 0.480 e. The first-order valence-electron chi connectivity index (χ1n) is 5.44. The summed E-state index contributed by atoms with van der Waals surface area (Å²) in [5, 5.41) is 8.74. The molecular formula is C12H15NO5. The minimum atomic E-state index is -1.18. The number of carboxylic acids is 1. The molecule has 98 valence electrons. The van der Waals surface area contributed by atoms with E-state index in [2.05, 4.69) is 0 Å². The van der Waals surface area contributed by atoms with Gasteiger partial charge in [-0.2, -0.15) is 0 Å². The van der Waals surface area contributed by atoms with Crippen molar-refractivity contribution in [3.63, 3.8) is 0 Å². The van der Waals surface area contributed by atoms with E-state index in [1.807, 2.05) is 0 Å². The molecule has 1 atom stereocenters. The zero-order valence-electron chi connectivity index (χ0n) is 9.96. The Labute approximate surface area is 104 Å². The highest BCUT2D eigenvalue weighted by molar-refractivity contribution is 5.94. The molecule has 1 aromatic rings. The van der Waals surface area contributed by atoms with Crippen LogP contribution in [0.3, 0.4) is 0 Å². The SMILES string of the molecule is CCOC(=O)/C(=C/c1ccco1)C[C@@H](N)C(=O)O. The Balaban J connectivity index is 2.88. The van der Waals surface area contributed by atoms with Gasteiger partial charge in [0.25, 0.3) is 0 Å². The molecule has 0 saturated carbocycles. The van der Waals surface area contributed by atoms with Crippen LogP contribution in [0.2, 0.25) is 0 Å². The minimum Gasteiger partial charge on any atom is -0.480 e. The molecule has 0 unspecified atom stereocenters. The topological polar surface area (TPSA) is 103 Å². The van der Waals surface area contributed by atoms with Crippen molar-refractivity contribution in [2.75, 3.05) is 6.61 Å². The van der Waals surface area contributed by atoms with Gasteiger partial charge in [0.15, 0.2) is 0 Å². The van der Waals surface area contributed by atoms with E-state index in [4.69, 9.17) is 20.0 Å². The number of ether oxygens (including phenoxy) is 1. The van der Waals surface area contributed by atoms with Gasteiger partial charge in [0.1, 0.15) is 11.8 Å². The average Bonchev–Trinajstić information content (AvgIpc) is 2.81. The van der Waals surface area contributed by atoms with Crippen LogP contribution in [0.4, 0.5) is 0 Å². The highest BCUT2D eigenvalue weighted by Crippen LogP contribution is 2.14. The van der Waals surface area contributed by atoms with Crippen molar-refractivity contribution in [3.8, 4) is 0 Å². The maximum atomic E-state index is 11.6. The highest BCUT2D eigenvalue weighted by Gasteiger charge is 2.19. The summed E-state index contributed by atoms with van der Waals surface area (Å²) in [5.74, 6) is -1.33. The third-order valence-electron chi connectivity index (χ3n) is 2.15. The molecule has 1 rings (SSSR count). The Morgan fingerprint density at radius 3 is 2.83 bits per heavy atom. The maximum absolute atomic E-state index is 11.6. The van der Waals surface area contributed by atoms with Crippen LogP contribution in [-0.4, -0.2) is 29.7 Å². The van der Waals surface area contributed by atoms with Gasteiger partial charge in [0.2, 0.25) is 0 Å². The smallest absolute Gasteiger partial charge is 0.334 e. The Kier molecular flexibility index (Phi) is 5.13. The van der Waals surface area contributed by atoms with Crippen LogP contribution in [0.25, 0.3) is 6.08 Å². The van der Waals surface area contributed by atoms with Crippen LogP contribution < -0.4 is 5.73 Å². The molecule has 0 aliphatic rings. The maximum Gasteiger partial charge on any atom is 0.334 e. The van der Waals surface area contributed by atoms with Crippen molar-refractivity contribution >= 4 is 18.0 Å². The first-order valence-corrected chi connectivity index (χ1v) is 5.44. The minimum absolute atomic E-state index is 0.116. The van der Waals surface area contributed by atoms with Crippen molar-refractivity contribution in [3.05, 3.63) is 29.7 Å². The Morgan fingerprint density at radius 1 is 1.61 bits per heavy atom. The van der Waals surface area contributed by atoms with Crippen LogP contribution in [0.1, 0.15) is 19.1 Å². The molecule has 0 amide bonds. The fraction of sp³-hybridized carbons (Fsp3) is 0.333. The van der Waals surface area contributed by atoms with Gasteiger partial charge in [-0.15, -0.1) is 0 Å². The zero-order chi connectivity index (χ0) is 13.5. The Hall–Kier alpha value is -2.08. The van der Waals surface area contributed by atoms with Gasteiger partial charge in [-0.05, 0) is 25.1 Å². The van der Waals surface area contributed by atoms with E-state index in [1.54, 1.807) is 19.1 Å². The van der Waals surface area contributed by atoms with E-state index in [0.29, 0.717) is 5.76 Å². The third-order valence-corrected chi connectivity index (χ3v) is 2.15. The van der Waals surface area contributed by atoms with Gasteiger partial charge in [-0.1, -0.05) is 0 Å². The third kappa shape index (κ3) is 4.06. The molecule has 0 saturated heterocycles. The monoisotopic (exact) mass is 253 g/mol. The lowest BCUT2D eigenvalue weighted by Crippen LogP contribution is -2.31. The van der Waals surface area contributed by atoms with Crippen molar-refractivity contribution in [2.45, 2.75) is 19.4 Å². The molecule has 6 heteroatoms. The average molecular weight is 253 g/mol. The summed E-state index contributed by atoms with van der Waals surface area (Å²) in [6.07, 6.45) is 2.77. The van der Waals surface area contributed by atoms with Crippen LogP contribution in [-0.2, 0) is 14.3 Å². The molecule has 3 N–H and O–H groups in total. The fourth-order valence-electron chi connectivity index (χ4n) is 1.29. The first kappa shape index (κ1) is 14.0. The van der Waals surface area contributed by atoms with Crippen LogP contribution >= 0.6 is 0 Å². The summed E-state index contributed by atoms with van der Waals surface area (Å²) in [4.78, 5) is 22.3. The number of furan rings is 1. The van der Waals surface area contributed by atoms with Crippen LogP contribution in [0, 0.1) is 0 Å². The molecule has 0 bridgehead atoms. The molecule has 0 spiro atoms. The highest BCUT2D eigenvalue weighted by atomic mass is 16.5. The summed E-state index contributed by atoms with van der Waals surface area (Å²) in [7, 11) is 0. The number of carbonyl (C=O) groups excluding carboxylic acids is 1. The number of carbonyl (C=O) groups is 2. The first-order chi connectivity index (χ1) is 8.54. The number of rotatable bonds is 6. The lowest BCUT2D eigenvalue weighted by atomic mass is 10.1. The van der Waals surface area contributed by atoms with E-state index < -0.39 is 18.0 Å². The fourth-order valence-corrected chi connectivity index (χ4v) is 1.29. The molecular weight excluding hydrogens is 238 g/mol. The van der Waals surface area contributed by atoms with E-state index in [0.717, 1.165) is 0 Å². The van der Waals surface area contributed by atoms with Gasteiger partial charge in [-0.3, -0.25) is 4.79 Å². The Morgan fingerprint density at radius 2 is 2.33 bits per heavy atom. The van der Waals surface area contributed by atoms with Crippen LogP contribution in [0.15, 0.2) is 28.4 Å². The van der Waals surface area contributed by atoms with Crippen LogP contribution in [0.5, 0.6) is 0 Å². The van der Waals surface area contributed by atoms with Gasteiger partial charge in [0, 0.05) is 12.0 Å². The molecule has 0 aliphatic carbocycles. The summed E-state index contributed by atoms with van der Waals surface area (Å²) in [5.41, 5.74) is 5.57.